The Hall–Kier alpha value is -4.41. The number of thiophene rings is 1. The maximum Gasteiger partial charge on any atom is 0.200 e. The average molecular weight is 470 g/mol. The van der Waals surface area contributed by atoms with Crippen LogP contribution in [0.15, 0.2) is 124 Å². The fourth-order valence-corrected chi connectivity index (χ4v) is 5.92. The number of para-hydroxylation sites is 2. The van der Waals surface area contributed by atoms with Gasteiger partial charge in [0.1, 0.15) is 11.2 Å². The van der Waals surface area contributed by atoms with Gasteiger partial charge in [-0.3, -0.25) is 4.79 Å². The molecule has 35 heavy (non-hydrogen) atoms. The first-order valence-electron chi connectivity index (χ1n) is 11.5. The lowest BCUT2D eigenvalue weighted by molar-refractivity contribution is 0.660. The molecule has 0 saturated carbocycles. The molecule has 0 radical (unpaired) electrons. The smallest absolute Gasteiger partial charge is 0.200 e. The van der Waals surface area contributed by atoms with Crippen LogP contribution in [0.2, 0.25) is 0 Å². The van der Waals surface area contributed by atoms with Crippen molar-refractivity contribution in [3.8, 4) is 0 Å². The molecule has 0 amide bonds. The highest BCUT2D eigenvalue weighted by atomic mass is 32.1. The zero-order chi connectivity index (χ0) is 23.4. The Labute approximate surface area is 205 Å². The van der Waals surface area contributed by atoms with E-state index in [4.69, 9.17) is 4.42 Å². The second-order valence-corrected chi connectivity index (χ2v) is 9.64. The lowest BCUT2D eigenvalue weighted by Gasteiger charge is -2.25. The highest BCUT2D eigenvalue weighted by molar-refractivity contribution is 7.25. The number of rotatable bonds is 3. The van der Waals surface area contributed by atoms with Crippen molar-refractivity contribution in [2.45, 2.75) is 0 Å². The van der Waals surface area contributed by atoms with E-state index in [2.05, 4.69) is 41.3 Å². The van der Waals surface area contributed by atoms with Crippen molar-refractivity contribution in [1.29, 1.82) is 0 Å². The minimum absolute atomic E-state index is 0.00375. The van der Waals surface area contributed by atoms with Crippen LogP contribution in [0.1, 0.15) is 0 Å². The number of anilines is 3. The Kier molecular flexibility index (Phi) is 4.47. The van der Waals surface area contributed by atoms with Crippen LogP contribution in [0, 0.1) is 0 Å². The minimum atomic E-state index is -0.00375. The molecule has 7 rings (SSSR count). The molecule has 166 valence electrons. The van der Waals surface area contributed by atoms with Crippen LogP contribution in [0.5, 0.6) is 0 Å². The van der Waals surface area contributed by atoms with E-state index in [1.807, 2.05) is 78.9 Å². The molecule has 5 aromatic carbocycles. The van der Waals surface area contributed by atoms with Crippen molar-refractivity contribution in [2.24, 2.45) is 0 Å². The first-order valence-corrected chi connectivity index (χ1v) is 12.3. The van der Waals surface area contributed by atoms with Crippen molar-refractivity contribution in [3.63, 3.8) is 0 Å². The topological polar surface area (TPSA) is 33.5 Å². The van der Waals surface area contributed by atoms with E-state index in [0.29, 0.717) is 21.9 Å². The molecule has 0 fully saturated rings. The third-order valence-corrected chi connectivity index (χ3v) is 7.57. The average Bonchev–Trinajstić information content (AvgIpc) is 3.27. The standard InChI is InChI=1S/C31H19NO2S/c33-31-24-16-15-22(32(20-9-3-1-4-10-20)21-11-5-2-6-12-21)17-27(24)34-28-19-30-25(18-26(28)31)23-13-7-8-14-29(23)35-30/h1-19H. The van der Waals surface area contributed by atoms with Crippen molar-refractivity contribution in [2.75, 3.05) is 4.90 Å². The van der Waals surface area contributed by atoms with E-state index in [-0.39, 0.29) is 5.43 Å². The molecule has 0 N–H and O–H groups in total. The van der Waals surface area contributed by atoms with E-state index < -0.39 is 0 Å². The fraction of sp³-hybridized carbons (Fsp3) is 0. The van der Waals surface area contributed by atoms with E-state index in [1.165, 1.54) is 10.1 Å². The summed E-state index contributed by atoms with van der Waals surface area (Å²) in [5.41, 5.74) is 4.19. The van der Waals surface area contributed by atoms with Gasteiger partial charge in [-0.05, 0) is 54.6 Å². The van der Waals surface area contributed by atoms with Gasteiger partial charge >= 0.3 is 0 Å². The summed E-state index contributed by atoms with van der Waals surface area (Å²) in [6.07, 6.45) is 0. The summed E-state index contributed by atoms with van der Waals surface area (Å²) in [7, 11) is 0. The Balaban J connectivity index is 1.47. The molecule has 2 aromatic heterocycles. The number of hydrogen-bond donors (Lipinski definition) is 0. The molecule has 0 aliphatic carbocycles. The summed E-state index contributed by atoms with van der Waals surface area (Å²) in [5, 5.41) is 3.47. The highest BCUT2D eigenvalue weighted by Gasteiger charge is 2.16. The highest BCUT2D eigenvalue weighted by Crippen LogP contribution is 2.38. The van der Waals surface area contributed by atoms with Gasteiger partial charge in [-0.2, -0.15) is 0 Å². The largest absolute Gasteiger partial charge is 0.456 e. The van der Waals surface area contributed by atoms with Gasteiger partial charge in [0.05, 0.1) is 10.8 Å². The molecular formula is C31H19NO2S. The van der Waals surface area contributed by atoms with E-state index in [1.54, 1.807) is 11.3 Å². The molecule has 2 heterocycles. The van der Waals surface area contributed by atoms with Crippen molar-refractivity contribution < 1.29 is 4.42 Å². The normalized spacial score (nSPS) is 11.5. The number of hydrogen-bond acceptors (Lipinski definition) is 4. The minimum Gasteiger partial charge on any atom is -0.456 e. The lowest BCUT2D eigenvalue weighted by atomic mass is 10.1. The molecule has 7 aromatic rings. The summed E-state index contributed by atoms with van der Waals surface area (Å²) in [4.78, 5) is 15.7. The summed E-state index contributed by atoms with van der Waals surface area (Å²) >= 11 is 1.72. The predicted molar refractivity (Wildman–Crippen MR) is 148 cm³/mol. The second-order valence-electron chi connectivity index (χ2n) is 8.56. The molecule has 0 saturated heterocycles. The number of benzene rings is 5. The summed E-state index contributed by atoms with van der Waals surface area (Å²) < 4.78 is 8.70. The van der Waals surface area contributed by atoms with Crippen molar-refractivity contribution >= 4 is 70.5 Å². The summed E-state index contributed by atoms with van der Waals surface area (Å²) in [5.74, 6) is 0. The van der Waals surface area contributed by atoms with Crippen LogP contribution >= 0.6 is 11.3 Å². The third-order valence-electron chi connectivity index (χ3n) is 6.44. The lowest BCUT2D eigenvalue weighted by Crippen LogP contribution is -2.10. The zero-order valence-electron chi connectivity index (χ0n) is 18.6. The van der Waals surface area contributed by atoms with Gasteiger partial charge in [0.15, 0.2) is 0 Å². The van der Waals surface area contributed by atoms with Gasteiger partial charge in [0, 0.05) is 43.3 Å². The van der Waals surface area contributed by atoms with E-state index in [0.717, 1.165) is 27.1 Å². The van der Waals surface area contributed by atoms with Crippen LogP contribution in [0.25, 0.3) is 42.1 Å². The quantitative estimate of drug-likeness (QED) is 0.243. The molecule has 3 nitrogen and oxygen atoms in total. The number of nitrogens with zero attached hydrogens (tertiary/aromatic N) is 1. The molecule has 0 atom stereocenters. The van der Waals surface area contributed by atoms with E-state index >= 15 is 0 Å². The third kappa shape index (κ3) is 3.22. The fourth-order valence-electron chi connectivity index (χ4n) is 4.80. The molecule has 0 unspecified atom stereocenters. The maximum absolute atomic E-state index is 13.5. The van der Waals surface area contributed by atoms with Crippen LogP contribution in [-0.4, -0.2) is 0 Å². The SMILES string of the molecule is O=c1c2ccc(N(c3ccccc3)c3ccccc3)cc2oc2cc3sc4ccccc4c3cc12. The molecular weight excluding hydrogens is 450 g/mol. The van der Waals surface area contributed by atoms with Crippen molar-refractivity contribution in [3.05, 3.63) is 125 Å². The van der Waals surface area contributed by atoms with Gasteiger partial charge in [0.2, 0.25) is 5.43 Å². The first-order chi connectivity index (χ1) is 17.3. The van der Waals surface area contributed by atoms with Gasteiger partial charge < -0.3 is 9.32 Å². The molecule has 0 bridgehead atoms. The number of fused-ring (bicyclic) bond motifs is 5. The van der Waals surface area contributed by atoms with E-state index in [9.17, 15) is 4.79 Å². The Morgan fingerprint density at radius 2 is 1.17 bits per heavy atom. The van der Waals surface area contributed by atoms with Crippen molar-refractivity contribution in [1.82, 2.24) is 0 Å². The van der Waals surface area contributed by atoms with Crippen LogP contribution in [-0.2, 0) is 0 Å². The second kappa shape index (κ2) is 7.83. The monoisotopic (exact) mass is 469 g/mol. The van der Waals surface area contributed by atoms with Crippen LogP contribution in [0.3, 0.4) is 0 Å². The Morgan fingerprint density at radius 3 is 1.91 bits per heavy atom. The van der Waals surface area contributed by atoms with Crippen LogP contribution in [0.4, 0.5) is 17.1 Å². The molecule has 0 spiro atoms. The Bertz CT molecular complexity index is 1880. The van der Waals surface area contributed by atoms with Gasteiger partial charge in [0.25, 0.3) is 0 Å². The van der Waals surface area contributed by atoms with Gasteiger partial charge in [-0.25, -0.2) is 0 Å². The molecule has 0 aliphatic heterocycles. The zero-order valence-corrected chi connectivity index (χ0v) is 19.5. The molecule has 4 heteroatoms. The molecule has 0 aliphatic rings. The maximum atomic E-state index is 13.5. The summed E-state index contributed by atoms with van der Waals surface area (Å²) in [6, 6.07) is 38.5. The van der Waals surface area contributed by atoms with Gasteiger partial charge in [-0.1, -0.05) is 54.6 Å². The first kappa shape index (κ1) is 20.0. The van der Waals surface area contributed by atoms with Crippen LogP contribution < -0.4 is 10.3 Å². The predicted octanol–water partition coefficient (Wildman–Crippen LogP) is 8.78. The Morgan fingerprint density at radius 1 is 0.514 bits per heavy atom. The summed E-state index contributed by atoms with van der Waals surface area (Å²) in [6.45, 7) is 0. The van der Waals surface area contributed by atoms with Gasteiger partial charge in [-0.15, -0.1) is 11.3 Å².